The molecule has 2 atom stereocenters. The molecule has 0 fully saturated rings. The molecule has 1 aliphatic carbocycles. The van der Waals surface area contributed by atoms with E-state index < -0.39 is 12.1 Å². The molecular formula is C17H18O4. The normalized spacial score (nSPS) is 25.3. The predicted octanol–water partition coefficient (Wildman–Crippen LogP) is 3.35. The van der Waals surface area contributed by atoms with Crippen LogP contribution in [0.2, 0.25) is 0 Å². The summed E-state index contributed by atoms with van der Waals surface area (Å²) in [4.78, 5) is 24.3. The number of aliphatic hydroxyl groups is 1. The van der Waals surface area contributed by atoms with Crippen molar-refractivity contribution in [3.63, 3.8) is 0 Å². The average Bonchev–Trinajstić information content (AvgIpc) is 2.76. The average molecular weight is 286 g/mol. The first-order chi connectivity index (χ1) is 9.99. The standard InChI is InChI=1S/C17H18O4/c1-9(2)10-7-13(18)15(14(19)8-10)16-11-5-3-4-6-12(11)17(20)21-16/h3-6,9-10,16,18H,7-8H2,1-2H3. The third-order valence-electron chi connectivity index (χ3n) is 4.41. The fraction of sp³-hybridized carbons (Fsp3) is 0.412. The van der Waals surface area contributed by atoms with Crippen molar-refractivity contribution in [1.82, 2.24) is 0 Å². The maximum Gasteiger partial charge on any atom is 0.339 e. The van der Waals surface area contributed by atoms with E-state index in [1.165, 1.54) is 0 Å². The zero-order valence-corrected chi connectivity index (χ0v) is 12.1. The molecule has 0 aromatic heterocycles. The molecule has 0 spiro atoms. The number of aliphatic hydroxyl groups excluding tert-OH is 1. The van der Waals surface area contributed by atoms with Gasteiger partial charge in [0, 0.05) is 18.4 Å². The van der Waals surface area contributed by atoms with E-state index in [1.807, 2.05) is 13.8 Å². The first-order valence-corrected chi connectivity index (χ1v) is 7.24. The number of cyclic esters (lactones) is 1. The third-order valence-corrected chi connectivity index (χ3v) is 4.41. The van der Waals surface area contributed by atoms with Crippen LogP contribution in [0.15, 0.2) is 35.6 Å². The number of benzene rings is 1. The van der Waals surface area contributed by atoms with E-state index in [9.17, 15) is 14.7 Å². The Bertz CT molecular complexity index is 642. The van der Waals surface area contributed by atoms with Gasteiger partial charge in [0.15, 0.2) is 11.9 Å². The first kappa shape index (κ1) is 13.9. The fourth-order valence-electron chi connectivity index (χ4n) is 3.07. The summed E-state index contributed by atoms with van der Waals surface area (Å²) >= 11 is 0. The number of Topliss-reactive ketones (excluding diaryl/α,β-unsaturated/α-hetero) is 1. The molecule has 1 heterocycles. The minimum atomic E-state index is -0.755. The molecule has 0 amide bonds. The smallest absolute Gasteiger partial charge is 0.339 e. The number of carbonyl (C=O) groups is 2. The molecule has 3 rings (SSSR count). The Labute approximate surface area is 123 Å². The summed E-state index contributed by atoms with van der Waals surface area (Å²) < 4.78 is 5.33. The lowest BCUT2D eigenvalue weighted by Crippen LogP contribution is -2.26. The van der Waals surface area contributed by atoms with Crippen LogP contribution in [0.4, 0.5) is 0 Å². The predicted molar refractivity (Wildman–Crippen MR) is 76.8 cm³/mol. The largest absolute Gasteiger partial charge is 0.512 e. The first-order valence-electron chi connectivity index (χ1n) is 7.24. The molecule has 0 radical (unpaired) electrons. The van der Waals surface area contributed by atoms with Gasteiger partial charge in [-0.1, -0.05) is 32.0 Å². The Morgan fingerprint density at radius 2 is 1.90 bits per heavy atom. The van der Waals surface area contributed by atoms with Gasteiger partial charge in [0.2, 0.25) is 0 Å². The number of esters is 1. The van der Waals surface area contributed by atoms with Crippen molar-refractivity contribution >= 4 is 11.8 Å². The van der Waals surface area contributed by atoms with E-state index in [0.717, 1.165) is 0 Å². The fourth-order valence-corrected chi connectivity index (χ4v) is 3.07. The van der Waals surface area contributed by atoms with Crippen molar-refractivity contribution < 1.29 is 19.4 Å². The number of ether oxygens (including phenoxy) is 1. The van der Waals surface area contributed by atoms with Crippen LogP contribution in [0.3, 0.4) is 0 Å². The molecule has 0 saturated heterocycles. The zero-order valence-electron chi connectivity index (χ0n) is 12.1. The summed E-state index contributed by atoms with van der Waals surface area (Å²) in [5.74, 6) is -0.00856. The highest BCUT2D eigenvalue weighted by Gasteiger charge is 2.40. The second-order valence-corrected chi connectivity index (χ2v) is 6.07. The number of hydrogen-bond donors (Lipinski definition) is 1. The van der Waals surface area contributed by atoms with Crippen LogP contribution in [0.25, 0.3) is 0 Å². The Morgan fingerprint density at radius 1 is 1.19 bits per heavy atom. The molecule has 1 aliphatic heterocycles. The molecule has 1 N–H and O–H groups in total. The number of hydrogen-bond acceptors (Lipinski definition) is 4. The molecule has 2 aliphatic rings. The van der Waals surface area contributed by atoms with E-state index in [4.69, 9.17) is 4.74 Å². The molecular weight excluding hydrogens is 268 g/mol. The molecule has 0 saturated carbocycles. The number of ketones is 1. The summed E-state index contributed by atoms with van der Waals surface area (Å²) in [7, 11) is 0. The van der Waals surface area contributed by atoms with Gasteiger partial charge in [0.25, 0.3) is 0 Å². The second-order valence-electron chi connectivity index (χ2n) is 6.07. The summed E-state index contributed by atoms with van der Waals surface area (Å²) in [5.41, 5.74) is 1.40. The van der Waals surface area contributed by atoms with Crippen molar-refractivity contribution in [1.29, 1.82) is 0 Å². The summed E-state index contributed by atoms with van der Waals surface area (Å²) in [6.45, 7) is 4.09. The molecule has 4 nitrogen and oxygen atoms in total. The van der Waals surface area contributed by atoms with Crippen LogP contribution in [-0.4, -0.2) is 16.9 Å². The van der Waals surface area contributed by atoms with Gasteiger partial charge < -0.3 is 9.84 Å². The third kappa shape index (κ3) is 2.24. The van der Waals surface area contributed by atoms with Crippen LogP contribution in [0, 0.1) is 11.8 Å². The summed E-state index contributed by atoms with van der Waals surface area (Å²) in [6, 6.07) is 7.01. The van der Waals surface area contributed by atoms with Crippen molar-refractivity contribution in [3.05, 3.63) is 46.7 Å². The van der Waals surface area contributed by atoms with Crippen LogP contribution in [-0.2, 0) is 9.53 Å². The summed E-state index contributed by atoms with van der Waals surface area (Å²) in [6.07, 6.45) is 0.108. The van der Waals surface area contributed by atoms with Gasteiger partial charge in [-0.2, -0.15) is 0 Å². The number of carbonyl (C=O) groups excluding carboxylic acids is 2. The molecule has 21 heavy (non-hydrogen) atoms. The van der Waals surface area contributed by atoms with E-state index in [2.05, 4.69) is 0 Å². The van der Waals surface area contributed by atoms with Crippen molar-refractivity contribution in [2.45, 2.75) is 32.8 Å². The van der Waals surface area contributed by atoms with E-state index in [0.29, 0.717) is 29.9 Å². The number of fused-ring (bicyclic) bond motifs is 1. The maximum atomic E-state index is 12.4. The van der Waals surface area contributed by atoms with Gasteiger partial charge in [-0.3, -0.25) is 4.79 Å². The highest BCUT2D eigenvalue weighted by molar-refractivity contribution is 6.01. The topological polar surface area (TPSA) is 63.6 Å². The molecule has 4 heteroatoms. The maximum absolute atomic E-state index is 12.4. The van der Waals surface area contributed by atoms with Crippen molar-refractivity contribution in [2.24, 2.45) is 11.8 Å². The van der Waals surface area contributed by atoms with Crippen LogP contribution in [0.1, 0.15) is 48.7 Å². The minimum Gasteiger partial charge on any atom is -0.512 e. The van der Waals surface area contributed by atoms with E-state index >= 15 is 0 Å². The molecule has 1 aromatic carbocycles. The van der Waals surface area contributed by atoms with Crippen LogP contribution < -0.4 is 0 Å². The zero-order chi connectivity index (χ0) is 15.1. The molecule has 1 aromatic rings. The van der Waals surface area contributed by atoms with Crippen molar-refractivity contribution in [2.75, 3.05) is 0 Å². The van der Waals surface area contributed by atoms with Gasteiger partial charge in [-0.05, 0) is 17.9 Å². The molecule has 2 unspecified atom stereocenters. The lowest BCUT2D eigenvalue weighted by atomic mass is 9.78. The highest BCUT2D eigenvalue weighted by Crippen LogP contribution is 2.42. The van der Waals surface area contributed by atoms with Gasteiger partial charge in [-0.25, -0.2) is 4.79 Å². The quantitative estimate of drug-likeness (QED) is 0.847. The minimum absolute atomic E-state index is 0.0689. The van der Waals surface area contributed by atoms with Gasteiger partial charge in [-0.15, -0.1) is 0 Å². The van der Waals surface area contributed by atoms with E-state index in [-0.39, 0.29) is 23.0 Å². The van der Waals surface area contributed by atoms with Gasteiger partial charge in [0.1, 0.15) is 5.76 Å². The Balaban J connectivity index is 2.00. The monoisotopic (exact) mass is 286 g/mol. The Kier molecular flexibility index (Phi) is 3.32. The molecule has 110 valence electrons. The SMILES string of the molecule is CC(C)C1CC(=O)C(C2OC(=O)c3ccccc32)=C(O)C1. The van der Waals surface area contributed by atoms with Crippen LogP contribution >= 0.6 is 0 Å². The Hall–Kier alpha value is -2.10. The highest BCUT2D eigenvalue weighted by atomic mass is 16.5. The van der Waals surface area contributed by atoms with Crippen molar-refractivity contribution in [3.8, 4) is 0 Å². The Morgan fingerprint density at radius 3 is 2.57 bits per heavy atom. The summed E-state index contributed by atoms with van der Waals surface area (Å²) in [5, 5.41) is 10.3. The van der Waals surface area contributed by atoms with Gasteiger partial charge in [0.05, 0.1) is 11.1 Å². The van der Waals surface area contributed by atoms with Crippen LogP contribution in [0.5, 0.6) is 0 Å². The van der Waals surface area contributed by atoms with Gasteiger partial charge >= 0.3 is 5.97 Å². The molecule has 0 bridgehead atoms. The second kappa shape index (κ2) is 5.02. The number of allylic oxidation sites excluding steroid dienone is 1. The van der Waals surface area contributed by atoms with E-state index in [1.54, 1.807) is 24.3 Å². The lowest BCUT2D eigenvalue weighted by molar-refractivity contribution is -0.118. The lowest BCUT2D eigenvalue weighted by Gasteiger charge is -2.28. The number of rotatable bonds is 2.